The van der Waals surface area contributed by atoms with Crippen molar-refractivity contribution in [2.24, 2.45) is 0 Å². The van der Waals surface area contributed by atoms with Crippen LogP contribution in [0.1, 0.15) is 121 Å². The van der Waals surface area contributed by atoms with E-state index in [0.717, 1.165) is 47.9 Å². The van der Waals surface area contributed by atoms with E-state index in [0.29, 0.717) is 12.8 Å². The van der Waals surface area contributed by atoms with Crippen molar-refractivity contribution >= 4 is 47.3 Å². The van der Waals surface area contributed by atoms with Gasteiger partial charge in [-0.1, -0.05) is 54.6 Å². The van der Waals surface area contributed by atoms with Crippen molar-refractivity contribution in [1.29, 1.82) is 0 Å². The second-order valence-corrected chi connectivity index (χ2v) is 19.5. The third-order valence-corrected chi connectivity index (χ3v) is 14.6. The van der Waals surface area contributed by atoms with E-state index in [1.807, 2.05) is 48.5 Å². The van der Waals surface area contributed by atoms with Crippen LogP contribution in [0.5, 0.6) is 0 Å². The number of rotatable bonds is 18. The Kier molecular flexibility index (Phi) is 18.2. The predicted octanol–water partition coefficient (Wildman–Crippen LogP) is 1.10. The van der Waals surface area contributed by atoms with Gasteiger partial charge in [-0.2, -0.15) is 0 Å². The Morgan fingerprint density at radius 2 is 1.00 bits per heavy atom. The summed E-state index contributed by atoms with van der Waals surface area (Å²) in [6, 6.07) is 12.3. The molecule has 10 atom stereocenters. The van der Waals surface area contributed by atoms with Gasteiger partial charge in [0, 0.05) is 38.0 Å². The van der Waals surface area contributed by atoms with Gasteiger partial charge in [0.25, 0.3) is 11.8 Å². The van der Waals surface area contributed by atoms with Crippen molar-refractivity contribution < 1.29 is 38.4 Å². The lowest BCUT2D eigenvalue weighted by Gasteiger charge is -2.31. The number of hydrogen-bond donors (Lipinski definition) is 8. The lowest BCUT2D eigenvalue weighted by atomic mass is 9.87. The quantitative estimate of drug-likeness (QED) is 0.0839. The minimum atomic E-state index is -1.15. The Balaban J connectivity index is 1.07. The van der Waals surface area contributed by atoms with Gasteiger partial charge in [-0.05, 0) is 114 Å². The summed E-state index contributed by atoms with van der Waals surface area (Å²) in [5.41, 5.74) is 4.01. The molecule has 0 unspecified atom stereocenters. The highest BCUT2D eigenvalue weighted by molar-refractivity contribution is 5.98. The molecular formula is C55H67N11O8. The second kappa shape index (κ2) is 24.9. The molecule has 2 saturated heterocycles. The normalized spacial score (nSPS) is 22.4. The van der Waals surface area contributed by atoms with Crippen LogP contribution in [0, 0.1) is 24.7 Å². The molecule has 19 nitrogen and oxygen atoms in total. The molecule has 0 spiro atoms. The van der Waals surface area contributed by atoms with Gasteiger partial charge in [0.2, 0.25) is 35.4 Å². The van der Waals surface area contributed by atoms with Crippen molar-refractivity contribution in [2.45, 2.75) is 138 Å². The number of hydrogen-bond acceptors (Lipinski definition) is 11. The van der Waals surface area contributed by atoms with E-state index in [1.54, 1.807) is 27.9 Å². The van der Waals surface area contributed by atoms with E-state index in [4.69, 9.17) is 12.8 Å². The molecule has 0 radical (unpaired) electrons. The third kappa shape index (κ3) is 12.8. The standard InChI is InChI=1S/C55H67N11O8/c1-7-16-44(63-48(67)32(3)56-5)54(73)65-30-36(28-46(65)52(71)61-40-24-13-20-34-18-9-11-22-38(34)40)58-50(69)42-26-15-27-43(60-42)51(70)59-37-29-47(53(72)62-41-25-14-21-35-19-10-12-23-39(35)41)66(31-37)55(74)45(17-8-2)64-49(68)33(4)57-6/h1-2,9-12,15,18-19,22-23,26-27,32-33,36-37,40-41,44-47,56-57H,13-14,16-17,20-21,24-25,28-31H2,3-6H3,(H,58,69)(H,59,70)(H,61,71)(H,62,72)(H,63,67)(H,64,68)/t32-,33-,36-,37-,40+,41+,44-,45-,46-,47-/m0/s1. The molecule has 1 aromatic heterocycles. The molecule has 0 saturated carbocycles. The fraction of sp³-hybridized carbons (Fsp3) is 0.473. The topological polar surface area (TPSA) is 252 Å². The number of aromatic nitrogens is 1. The SMILES string of the molecule is C#CC[C@H](NC(=O)[C@H](C)NC)C(=O)N1C[C@@H](NC(=O)c2cccc(C(=O)N[C@H]3C[C@@H](C(=O)N[C@@H]4CCCc5ccccc54)N(C(=O)[C@H](CC#C)NC(=O)[C@H](C)NC)C3)n2)C[C@H]1C(=O)N[C@@H]1CCCc2ccccc21. The Morgan fingerprint density at radius 3 is 1.39 bits per heavy atom. The smallest absolute Gasteiger partial charge is 0.270 e. The van der Waals surface area contributed by atoms with Crippen molar-refractivity contribution in [3.8, 4) is 24.7 Å². The molecular weight excluding hydrogens is 943 g/mol. The number of benzene rings is 2. The zero-order valence-corrected chi connectivity index (χ0v) is 42.4. The summed E-state index contributed by atoms with van der Waals surface area (Å²) in [5, 5.41) is 23.2. The number of terminal acetylenes is 2. The van der Waals surface area contributed by atoms with Gasteiger partial charge < -0.3 is 52.3 Å². The Labute approximate surface area is 432 Å². The lowest BCUT2D eigenvalue weighted by molar-refractivity contribution is -0.141. The molecule has 7 rings (SSSR count). The maximum Gasteiger partial charge on any atom is 0.270 e. The number of carbonyl (C=O) groups is 8. The average Bonchev–Trinajstić information content (AvgIpc) is 4.04. The summed E-state index contributed by atoms with van der Waals surface area (Å²) in [4.78, 5) is 118. The van der Waals surface area contributed by atoms with Gasteiger partial charge in [0.1, 0.15) is 35.6 Å². The fourth-order valence-corrected chi connectivity index (χ4v) is 10.3. The zero-order chi connectivity index (χ0) is 53.1. The fourth-order valence-electron chi connectivity index (χ4n) is 10.3. The van der Waals surface area contributed by atoms with Crippen molar-refractivity contribution in [2.75, 3.05) is 27.2 Å². The Morgan fingerprint density at radius 1 is 0.595 bits per heavy atom. The number of amides is 8. The van der Waals surface area contributed by atoms with Gasteiger partial charge in [-0.3, -0.25) is 38.4 Å². The van der Waals surface area contributed by atoms with Crippen molar-refractivity contribution in [1.82, 2.24) is 57.3 Å². The van der Waals surface area contributed by atoms with Crippen LogP contribution in [-0.2, 0) is 41.6 Å². The van der Waals surface area contributed by atoms with Crippen LogP contribution in [-0.4, -0.2) is 138 Å². The van der Waals surface area contributed by atoms with E-state index in [9.17, 15) is 38.4 Å². The van der Waals surface area contributed by atoms with Crippen molar-refractivity contribution in [3.05, 3.63) is 100 Å². The van der Waals surface area contributed by atoms with Crippen LogP contribution in [0.15, 0.2) is 66.7 Å². The van der Waals surface area contributed by atoms with Crippen LogP contribution in [0.4, 0.5) is 0 Å². The van der Waals surface area contributed by atoms with Crippen LogP contribution in [0.2, 0.25) is 0 Å². The highest BCUT2D eigenvalue weighted by atomic mass is 16.2. The highest BCUT2D eigenvalue weighted by Crippen LogP contribution is 2.32. The average molecular weight is 1010 g/mol. The molecule has 2 fully saturated rings. The Hall–Kier alpha value is -7.61. The molecule has 390 valence electrons. The van der Waals surface area contributed by atoms with E-state index in [2.05, 4.69) is 59.4 Å². The second-order valence-electron chi connectivity index (χ2n) is 19.5. The molecule has 2 aliphatic carbocycles. The number of fused-ring (bicyclic) bond motifs is 2. The number of aryl methyl sites for hydroxylation is 2. The summed E-state index contributed by atoms with van der Waals surface area (Å²) in [7, 11) is 3.21. The lowest BCUT2D eigenvalue weighted by Crippen LogP contribution is -2.55. The van der Waals surface area contributed by atoms with Crippen LogP contribution >= 0.6 is 0 Å². The molecule has 8 amide bonds. The first-order valence-corrected chi connectivity index (χ1v) is 25.4. The van der Waals surface area contributed by atoms with Crippen molar-refractivity contribution in [3.63, 3.8) is 0 Å². The van der Waals surface area contributed by atoms with Gasteiger partial charge in [0.15, 0.2) is 0 Å². The molecule has 4 aliphatic rings. The van der Waals surface area contributed by atoms with E-state index in [-0.39, 0.29) is 62.2 Å². The van der Waals surface area contributed by atoms with Crippen LogP contribution < -0.4 is 42.5 Å². The van der Waals surface area contributed by atoms with Crippen LogP contribution in [0.3, 0.4) is 0 Å². The molecule has 8 N–H and O–H groups in total. The number of carbonyl (C=O) groups excluding carboxylic acids is 8. The third-order valence-electron chi connectivity index (χ3n) is 14.6. The largest absolute Gasteiger partial charge is 0.347 e. The molecule has 3 aromatic rings. The predicted molar refractivity (Wildman–Crippen MR) is 275 cm³/mol. The maximum atomic E-state index is 14.3. The van der Waals surface area contributed by atoms with Gasteiger partial charge in [-0.15, -0.1) is 24.7 Å². The first kappa shape index (κ1) is 54.2. The van der Waals surface area contributed by atoms with Crippen LogP contribution in [0.25, 0.3) is 0 Å². The molecule has 74 heavy (non-hydrogen) atoms. The highest BCUT2D eigenvalue weighted by Gasteiger charge is 2.45. The maximum absolute atomic E-state index is 14.3. The molecule has 19 heteroatoms. The molecule has 2 aromatic carbocycles. The molecule has 0 bridgehead atoms. The van der Waals surface area contributed by atoms with E-state index < -0.39 is 95.6 Å². The number of likely N-dealkylation sites (tertiary alicyclic amines) is 2. The number of nitrogens with one attached hydrogen (secondary N) is 8. The first-order valence-electron chi connectivity index (χ1n) is 25.4. The summed E-state index contributed by atoms with van der Waals surface area (Å²) in [6.07, 6.45) is 16.0. The van der Waals surface area contributed by atoms with E-state index >= 15 is 0 Å². The van der Waals surface area contributed by atoms with E-state index in [1.165, 1.54) is 28.0 Å². The molecule has 3 heterocycles. The van der Waals surface area contributed by atoms with Gasteiger partial charge >= 0.3 is 0 Å². The summed E-state index contributed by atoms with van der Waals surface area (Å²) >= 11 is 0. The number of likely N-dealkylation sites (N-methyl/N-ethyl adjacent to an activating group) is 2. The first-order chi connectivity index (χ1) is 35.6. The van der Waals surface area contributed by atoms with Gasteiger partial charge in [-0.25, -0.2) is 4.98 Å². The number of pyridine rings is 1. The van der Waals surface area contributed by atoms with Gasteiger partial charge in [0.05, 0.1) is 24.2 Å². The molecule has 2 aliphatic heterocycles. The summed E-state index contributed by atoms with van der Waals surface area (Å²) < 4.78 is 0. The minimum Gasteiger partial charge on any atom is -0.347 e. The Bertz CT molecular complexity index is 2520. The summed E-state index contributed by atoms with van der Waals surface area (Å²) in [5.74, 6) is 0.639. The monoisotopic (exact) mass is 1010 g/mol. The minimum absolute atomic E-state index is 0.0286. The zero-order valence-electron chi connectivity index (χ0n) is 42.4. The number of nitrogens with zero attached hydrogens (tertiary/aromatic N) is 3. The summed E-state index contributed by atoms with van der Waals surface area (Å²) in [6.45, 7) is 3.07.